The first kappa shape index (κ1) is 20.2. The van der Waals surface area contributed by atoms with Crippen molar-refractivity contribution < 1.29 is 9.32 Å². The number of aromatic nitrogens is 4. The van der Waals surface area contributed by atoms with E-state index in [0.29, 0.717) is 37.5 Å². The van der Waals surface area contributed by atoms with Crippen LogP contribution in [0.5, 0.6) is 0 Å². The van der Waals surface area contributed by atoms with Crippen LogP contribution in [0, 0.1) is 0 Å². The van der Waals surface area contributed by atoms with Gasteiger partial charge in [0.25, 0.3) is 5.91 Å². The molecule has 6 rings (SSSR count). The number of rotatable bonds is 4. The highest BCUT2D eigenvalue weighted by Gasteiger charge is 2.24. The molecule has 8 nitrogen and oxygen atoms in total. The van der Waals surface area contributed by atoms with E-state index in [-0.39, 0.29) is 5.91 Å². The minimum absolute atomic E-state index is 0.0116. The Bertz CT molecular complexity index is 1440. The van der Waals surface area contributed by atoms with Crippen LogP contribution in [0.15, 0.2) is 90.0 Å². The van der Waals surface area contributed by atoms with Crippen LogP contribution in [0.1, 0.15) is 10.4 Å². The largest absolute Gasteiger partial charge is 0.355 e. The van der Waals surface area contributed by atoms with Gasteiger partial charge < -0.3 is 18.9 Å². The van der Waals surface area contributed by atoms with Crippen LogP contribution in [0.3, 0.4) is 0 Å². The number of anilines is 1. The molecule has 5 aromatic rings. The van der Waals surface area contributed by atoms with Gasteiger partial charge in [-0.1, -0.05) is 35.5 Å². The fraction of sp³-hybridized carbons (Fsp3) is 0.154. The first-order valence-electron chi connectivity index (χ1n) is 11.2. The van der Waals surface area contributed by atoms with Gasteiger partial charge in [-0.05, 0) is 30.3 Å². The third kappa shape index (κ3) is 3.69. The lowest BCUT2D eigenvalue weighted by Gasteiger charge is -2.35. The maximum absolute atomic E-state index is 13.3. The number of carbonyl (C=O) groups is 1. The summed E-state index contributed by atoms with van der Waals surface area (Å²) in [7, 11) is 0. The molecular formula is C26H22N6O2. The Balaban J connectivity index is 1.18. The Morgan fingerprint density at radius 2 is 1.59 bits per heavy atom. The highest BCUT2D eigenvalue weighted by molar-refractivity contribution is 6.01. The van der Waals surface area contributed by atoms with E-state index in [0.717, 1.165) is 28.1 Å². The Labute approximate surface area is 196 Å². The maximum atomic E-state index is 13.3. The Kier molecular flexibility index (Phi) is 5.03. The van der Waals surface area contributed by atoms with Crippen molar-refractivity contribution in [3.05, 3.63) is 91.0 Å². The summed E-state index contributed by atoms with van der Waals surface area (Å²) in [4.78, 5) is 26.2. The topological polar surface area (TPSA) is 80.3 Å². The van der Waals surface area contributed by atoms with E-state index in [1.165, 1.54) is 0 Å². The summed E-state index contributed by atoms with van der Waals surface area (Å²) in [6, 6.07) is 21.3. The predicted molar refractivity (Wildman–Crippen MR) is 129 cm³/mol. The van der Waals surface area contributed by atoms with E-state index >= 15 is 0 Å². The third-order valence-electron chi connectivity index (χ3n) is 6.16. The lowest BCUT2D eigenvalue weighted by molar-refractivity contribution is 0.0746. The molecule has 0 atom stereocenters. The van der Waals surface area contributed by atoms with Gasteiger partial charge in [0.15, 0.2) is 5.76 Å². The average Bonchev–Trinajstić information content (AvgIpc) is 3.59. The van der Waals surface area contributed by atoms with Crippen LogP contribution in [0.25, 0.3) is 28.0 Å². The molecular weight excluding hydrogens is 428 g/mol. The summed E-state index contributed by atoms with van der Waals surface area (Å²) in [6.45, 7) is 2.65. The van der Waals surface area contributed by atoms with E-state index in [1.807, 2.05) is 88.6 Å². The molecule has 0 N–H and O–H groups in total. The van der Waals surface area contributed by atoms with Crippen molar-refractivity contribution in [1.29, 1.82) is 0 Å². The zero-order chi connectivity index (χ0) is 22.9. The van der Waals surface area contributed by atoms with Crippen molar-refractivity contribution in [1.82, 2.24) is 24.6 Å². The SMILES string of the molecule is O=C(c1ccc2noc(-c3ccccc3)c2c1)N1CCN(c2cc(-n3cccc3)ncn2)CC1. The van der Waals surface area contributed by atoms with Gasteiger partial charge in [0.05, 0.1) is 5.39 Å². The first-order valence-corrected chi connectivity index (χ1v) is 11.2. The first-order chi connectivity index (χ1) is 16.8. The minimum atomic E-state index is 0.0116. The van der Waals surface area contributed by atoms with Crippen LogP contribution in [-0.4, -0.2) is 56.7 Å². The molecule has 0 bridgehead atoms. The van der Waals surface area contributed by atoms with Gasteiger partial charge in [0, 0.05) is 55.8 Å². The van der Waals surface area contributed by atoms with Crippen LogP contribution >= 0.6 is 0 Å². The molecule has 1 saturated heterocycles. The molecule has 1 aliphatic heterocycles. The van der Waals surface area contributed by atoms with Gasteiger partial charge in [-0.2, -0.15) is 0 Å². The van der Waals surface area contributed by atoms with Gasteiger partial charge >= 0.3 is 0 Å². The van der Waals surface area contributed by atoms with Crippen molar-refractivity contribution in [2.24, 2.45) is 0 Å². The van der Waals surface area contributed by atoms with Crippen LogP contribution in [0.4, 0.5) is 5.82 Å². The highest BCUT2D eigenvalue weighted by Crippen LogP contribution is 2.29. The number of carbonyl (C=O) groups excluding carboxylic acids is 1. The normalized spacial score (nSPS) is 14.0. The van der Waals surface area contributed by atoms with Crippen LogP contribution < -0.4 is 4.90 Å². The van der Waals surface area contributed by atoms with Gasteiger partial charge in [-0.15, -0.1) is 0 Å². The number of piperazine rings is 1. The monoisotopic (exact) mass is 450 g/mol. The molecule has 4 heterocycles. The molecule has 1 amide bonds. The van der Waals surface area contributed by atoms with E-state index < -0.39 is 0 Å². The second-order valence-electron chi connectivity index (χ2n) is 8.21. The zero-order valence-electron chi connectivity index (χ0n) is 18.4. The van der Waals surface area contributed by atoms with Gasteiger partial charge in [0.2, 0.25) is 0 Å². The molecule has 2 aromatic carbocycles. The van der Waals surface area contributed by atoms with E-state index in [2.05, 4.69) is 20.0 Å². The molecule has 8 heteroatoms. The van der Waals surface area contributed by atoms with Gasteiger partial charge in [-0.25, -0.2) is 9.97 Å². The summed E-state index contributed by atoms with van der Waals surface area (Å²) in [5.74, 6) is 2.38. The zero-order valence-corrected chi connectivity index (χ0v) is 18.4. The van der Waals surface area contributed by atoms with Crippen LogP contribution in [0.2, 0.25) is 0 Å². The molecule has 3 aromatic heterocycles. The number of hydrogen-bond acceptors (Lipinski definition) is 6. The second-order valence-corrected chi connectivity index (χ2v) is 8.21. The maximum Gasteiger partial charge on any atom is 0.254 e. The molecule has 0 spiro atoms. The van der Waals surface area contributed by atoms with Crippen LogP contribution in [-0.2, 0) is 0 Å². The Hall–Kier alpha value is -4.46. The van der Waals surface area contributed by atoms with E-state index in [4.69, 9.17) is 4.52 Å². The summed E-state index contributed by atoms with van der Waals surface area (Å²) in [5, 5.41) is 5.00. The standard InChI is InChI=1S/C26H22N6O2/c33-26(20-8-9-22-21(16-20)25(34-29-22)19-6-2-1-3-7-19)32-14-12-31(13-15-32)24-17-23(27-18-28-24)30-10-4-5-11-30/h1-11,16-18H,12-15H2. The number of fused-ring (bicyclic) bond motifs is 1. The smallest absolute Gasteiger partial charge is 0.254 e. The minimum Gasteiger partial charge on any atom is -0.355 e. The average molecular weight is 451 g/mol. The van der Waals surface area contributed by atoms with Gasteiger partial charge in [-0.3, -0.25) is 4.79 Å². The molecule has 0 saturated carbocycles. The quantitative estimate of drug-likeness (QED) is 0.411. The number of nitrogens with zero attached hydrogens (tertiary/aromatic N) is 6. The number of amides is 1. The lowest BCUT2D eigenvalue weighted by Crippen LogP contribution is -2.49. The molecule has 0 unspecified atom stereocenters. The summed E-state index contributed by atoms with van der Waals surface area (Å²) in [5.41, 5.74) is 2.31. The third-order valence-corrected chi connectivity index (χ3v) is 6.16. The van der Waals surface area contributed by atoms with Crippen molar-refractivity contribution in [2.45, 2.75) is 0 Å². The number of hydrogen-bond donors (Lipinski definition) is 0. The predicted octanol–water partition coefficient (Wildman–Crippen LogP) is 4.04. The fourth-order valence-electron chi connectivity index (χ4n) is 4.33. The molecule has 168 valence electrons. The summed E-state index contributed by atoms with van der Waals surface area (Å²) >= 11 is 0. The Morgan fingerprint density at radius 1 is 0.824 bits per heavy atom. The van der Waals surface area contributed by atoms with Crippen molar-refractivity contribution in [3.8, 4) is 17.1 Å². The molecule has 0 radical (unpaired) electrons. The fourth-order valence-corrected chi connectivity index (χ4v) is 4.33. The van der Waals surface area contributed by atoms with E-state index in [9.17, 15) is 4.79 Å². The highest BCUT2D eigenvalue weighted by atomic mass is 16.5. The Morgan fingerprint density at radius 3 is 2.38 bits per heavy atom. The lowest BCUT2D eigenvalue weighted by atomic mass is 10.1. The summed E-state index contributed by atoms with van der Waals surface area (Å²) in [6.07, 6.45) is 5.50. The van der Waals surface area contributed by atoms with Gasteiger partial charge in [0.1, 0.15) is 23.5 Å². The summed E-state index contributed by atoms with van der Waals surface area (Å²) < 4.78 is 7.54. The van der Waals surface area contributed by atoms with E-state index in [1.54, 1.807) is 6.33 Å². The molecule has 1 fully saturated rings. The van der Waals surface area contributed by atoms with Crippen molar-refractivity contribution >= 4 is 22.6 Å². The molecule has 1 aliphatic rings. The molecule has 34 heavy (non-hydrogen) atoms. The van der Waals surface area contributed by atoms with Crippen molar-refractivity contribution in [2.75, 3.05) is 31.1 Å². The molecule has 0 aliphatic carbocycles. The second kappa shape index (κ2) is 8.47. The number of benzene rings is 2. The van der Waals surface area contributed by atoms with Crippen molar-refractivity contribution in [3.63, 3.8) is 0 Å².